The SMILES string of the molecule is CC(c1ccccn1)[C@@H](N[S@@+]([O-])C(C)(C)C)c1ccccc1-c1noc2ccccc12. The molecule has 0 aliphatic rings. The number of para-hydroxylation sites is 1. The first kappa shape index (κ1) is 21.6. The van der Waals surface area contributed by atoms with E-state index in [4.69, 9.17) is 4.52 Å². The summed E-state index contributed by atoms with van der Waals surface area (Å²) in [4.78, 5) is 4.56. The molecule has 2 aromatic heterocycles. The molecule has 0 aliphatic carbocycles. The Morgan fingerprint density at radius 2 is 1.68 bits per heavy atom. The van der Waals surface area contributed by atoms with Crippen molar-refractivity contribution in [2.45, 2.75) is 44.4 Å². The number of nitrogens with one attached hydrogen (secondary N) is 1. The third kappa shape index (κ3) is 4.51. The zero-order chi connectivity index (χ0) is 22.0. The van der Waals surface area contributed by atoms with Crippen molar-refractivity contribution in [1.29, 1.82) is 0 Å². The number of nitrogens with zero attached hydrogens (tertiary/aromatic N) is 2. The third-order valence-corrected chi connectivity index (χ3v) is 6.95. The summed E-state index contributed by atoms with van der Waals surface area (Å²) in [5, 5.41) is 5.33. The molecule has 0 spiro atoms. The number of fused-ring (bicyclic) bond motifs is 1. The van der Waals surface area contributed by atoms with E-state index in [2.05, 4.69) is 27.9 Å². The fourth-order valence-corrected chi connectivity index (χ4v) is 4.52. The highest BCUT2D eigenvalue weighted by Gasteiger charge is 2.34. The molecule has 4 rings (SSSR count). The van der Waals surface area contributed by atoms with Gasteiger partial charge in [0.1, 0.15) is 10.4 Å². The Bertz CT molecular complexity index is 1150. The molecule has 0 saturated heterocycles. The predicted molar refractivity (Wildman–Crippen MR) is 126 cm³/mol. The van der Waals surface area contributed by atoms with E-state index in [0.29, 0.717) is 0 Å². The van der Waals surface area contributed by atoms with Gasteiger partial charge in [0.2, 0.25) is 0 Å². The minimum absolute atomic E-state index is 0.0215. The second-order valence-corrected chi connectivity index (χ2v) is 10.6. The molecule has 3 atom stereocenters. The number of hydrogen-bond acceptors (Lipinski definition) is 5. The van der Waals surface area contributed by atoms with Crippen LogP contribution in [0, 0.1) is 0 Å². The van der Waals surface area contributed by atoms with Crippen LogP contribution in [0.5, 0.6) is 0 Å². The monoisotopic (exact) mass is 433 g/mol. The largest absolute Gasteiger partial charge is 0.598 e. The summed E-state index contributed by atoms with van der Waals surface area (Å²) in [5.41, 5.74) is 4.43. The van der Waals surface area contributed by atoms with Gasteiger partial charge in [-0.25, -0.2) is 0 Å². The number of aromatic nitrogens is 2. The van der Waals surface area contributed by atoms with E-state index in [1.54, 1.807) is 6.20 Å². The molecule has 2 heterocycles. The van der Waals surface area contributed by atoms with E-state index in [0.717, 1.165) is 33.5 Å². The van der Waals surface area contributed by atoms with Gasteiger partial charge in [0, 0.05) is 40.1 Å². The van der Waals surface area contributed by atoms with Gasteiger partial charge >= 0.3 is 0 Å². The molecule has 5 nitrogen and oxygen atoms in total. The Morgan fingerprint density at radius 1 is 0.968 bits per heavy atom. The molecule has 6 heteroatoms. The smallest absolute Gasteiger partial charge is 0.167 e. The molecule has 0 radical (unpaired) electrons. The van der Waals surface area contributed by atoms with E-state index >= 15 is 0 Å². The lowest BCUT2D eigenvalue weighted by molar-refractivity contribution is 0.458. The Hall–Kier alpha value is -2.67. The van der Waals surface area contributed by atoms with E-state index in [1.165, 1.54) is 0 Å². The molecule has 4 aromatic rings. The van der Waals surface area contributed by atoms with E-state index in [1.807, 2.05) is 81.4 Å². The van der Waals surface area contributed by atoms with Gasteiger partial charge in [-0.05, 0) is 50.6 Å². The van der Waals surface area contributed by atoms with Gasteiger partial charge in [-0.15, -0.1) is 4.72 Å². The standard InChI is InChI=1S/C25H27N3O2S/c1-17(21-14-9-10-16-26-21)23(28-31(29)25(2,3)4)18-11-5-6-12-19(18)24-20-13-7-8-15-22(20)30-27-24/h5-17,23,28H,1-4H3/t17?,23-,31+/m1/s1. The van der Waals surface area contributed by atoms with Crippen LogP contribution in [0.25, 0.3) is 22.2 Å². The van der Waals surface area contributed by atoms with Crippen LogP contribution in [-0.4, -0.2) is 19.4 Å². The van der Waals surface area contributed by atoms with Crippen molar-refractivity contribution in [3.63, 3.8) is 0 Å². The van der Waals surface area contributed by atoms with Gasteiger partial charge in [-0.2, -0.15) is 0 Å². The van der Waals surface area contributed by atoms with Gasteiger partial charge in [-0.1, -0.05) is 54.5 Å². The third-order valence-electron chi connectivity index (χ3n) is 5.37. The maximum Gasteiger partial charge on any atom is 0.167 e. The van der Waals surface area contributed by atoms with E-state index < -0.39 is 16.1 Å². The maximum atomic E-state index is 13.1. The summed E-state index contributed by atoms with van der Waals surface area (Å²) in [7, 11) is 0. The van der Waals surface area contributed by atoms with Crippen LogP contribution in [0.15, 0.2) is 77.4 Å². The normalized spacial score (nSPS) is 15.0. The van der Waals surface area contributed by atoms with Crippen molar-refractivity contribution >= 4 is 22.3 Å². The summed E-state index contributed by atoms with van der Waals surface area (Å²) >= 11 is -1.27. The first-order valence-electron chi connectivity index (χ1n) is 10.4. The Labute approximate surface area is 186 Å². The van der Waals surface area contributed by atoms with Crippen LogP contribution in [0.3, 0.4) is 0 Å². The number of rotatable bonds is 6. The van der Waals surface area contributed by atoms with E-state index in [9.17, 15) is 4.55 Å². The van der Waals surface area contributed by atoms with Crippen LogP contribution in [0.4, 0.5) is 0 Å². The van der Waals surface area contributed by atoms with Gasteiger partial charge in [0.15, 0.2) is 5.58 Å². The first-order valence-corrected chi connectivity index (χ1v) is 11.5. The van der Waals surface area contributed by atoms with Gasteiger partial charge < -0.3 is 9.08 Å². The molecule has 0 saturated carbocycles. The van der Waals surface area contributed by atoms with Crippen molar-refractivity contribution in [2.75, 3.05) is 0 Å². The summed E-state index contributed by atoms with van der Waals surface area (Å²) in [6, 6.07) is 21.6. The molecule has 160 valence electrons. The second-order valence-electron chi connectivity index (χ2n) is 8.63. The Kier molecular flexibility index (Phi) is 6.14. The summed E-state index contributed by atoms with van der Waals surface area (Å²) in [6.45, 7) is 8.01. The molecule has 1 N–H and O–H groups in total. The minimum atomic E-state index is -1.27. The lowest BCUT2D eigenvalue weighted by atomic mass is 9.88. The molecular formula is C25H27N3O2S. The van der Waals surface area contributed by atoms with Crippen molar-refractivity contribution in [3.8, 4) is 11.3 Å². The van der Waals surface area contributed by atoms with E-state index in [-0.39, 0.29) is 12.0 Å². The van der Waals surface area contributed by atoms with Gasteiger partial charge in [0.25, 0.3) is 0 Å². The molecule has 0 aliphatic heterocycles. The quantitative estimate of drug-likeness (QED) is 0.390. The fourth-order valence-electron chi connectivity index (χ4n) is 3.61. The molecule has 0 amide bonds. The molecule has 31 heavy (non-hydrogen) atoms. The summed E-state index contributed by atoms with van der Waals surface area (Å²) < 4.78 is 21.7. The molecule has 0 bridgehead atoms. The molecule has 2 aromatic carbocycles. The highest BCUT2D eigenvalue weighted by molar-refractivity contribution is 7.90. The highest BCUT2D eigenvalue weighted by atomic mass is 32.2. The number of pyridine rings is 1. The predicted octanol–water partition coefficient (Wildman–Crippen LogP) is 5.79. The van der Waals surface area contributed by atoms with Crippen LogP contribution >= 0.6 is 0 Å². The van der Waals surface area contributed by atoms with Crippen molar-refractivity contribution in [2.24, 2.45) is 0 Å². The summed E-state index contributed by atoms with van der Waals surface area (Å²) in [6.07, 6.45) is 1.79. The molecule has 0 fully saturated rings. The van der Waals surface area contributed by atoms with Crippen LogP contribution in [0.2, 0.25) is 0 Å². The lowest BCUT2D eigenvalue weighted by Gasteiger charge is -2.31. The highest BCUT2D eigenvalue weighted by Crippen LogP contribution is 2.39. The number of hydrogen-bond donors (Lipinski definition) is 1. The number of benzene rings is 2. The average molecular weight is 434 g/mol. The minimum Gasteiger partial charge on any atom is -0.598 e. The van der Waals surface area contributed by atoms with Crippen LogP contribution < -0.4 is 4.72 Å². The van der Waals surface area contributed by atoms with Crippen LogP contribution in [0.1, 0.15) is 50.9 Å². The fraction of sp³-hybridized carbons (Fsp3) is 0.280. The Morgan fingerprint density at radius 3 is 2.42 bits per heavy atom. The first-order chi connectivity index (χ1) is 14.9. The lowest BCUT2D eigenvalue weighted by Crippen LogP contribution is -2.42. The van der Waals surface area contributed by atoms with Gasteiger partial charge in [0.05, 0.1) is 6.04 Å². The molecular weight excluding hydrogens is 406 g/mol. The zero-order valence-corrected chi connectivity index (χ0v) is 19.0. The molecule has 1 unspecified atom stereocenters. The zero-order valence-electron chi connectivity index (χ0n) is 18.2. The topological polar surface area (TPSA) is 74.0 Å². The maximum absolute atomic E-state index is 13.1. The van der Waals surface area contributed by atoms with Crippen molar-refractivity contribution in [1.82, 2.24) is 14.9 Å². The van der Waals surface area contributed by atoms with Crippen molar-refractivity contribution < 1.29 is 9.08 Å². The second kappa shape index (κ2) is 8.83. The van der Waals surface area contributed by atoms with Gasteiger partial charge in [-0.3, -0.25) is 4.98 Å². The van der Waals surface area contributed by atoms with Crippen LogP contribution in [-0.2, 0) is 11.4 Å². The summed E-state index contributed by atoms with van der Waals surface area (Å²) in [5.74, 6) is -0.0215. The average Bonchev–Trinajstić information content (AvgIpc) is 3.21. The van der Waals surface area contributed by atoms with Crippen molar-refractivity contribution in [3.05, 3.63) is 84.2 Å². The Balaban J connectivity index is 1.84.